The van der Waals surface area contributed by atoms with Crippen molar-refractivity contribution in [2.24, 2.45) is 10.9 Å². The normalized spacial score (nSPS) is 18.6. The van der Waals surface area contributed by atoms with Crippen LogP contribution in [-0.2, 0) is 11.3 Å². The summed E-state index contributed by atoms with van der Waals surface area (Å²) in [5.74, 6) is 1.43. The molecule has 0 amide bonds. The zero-order chi connectivity index (χ0) is 19.8. The van der Waals surface area contributed by atoms with E-state index in [0.717, 1.165) is 58.4 Å². The number of nitrogens with one attached hydrogen (secondary N) is 2. The van der Waals surface area contributed by atoms with Crippen LogP contribution in [0.5, 0.6) is 0 Å². The fourth-order valence-corrected chi connectivity index (χ4v) is 3.86. The van der Waals surface area contributed by atoms with Gasteiger partial charge in [-0.3, -0.25) is 9.89 Å². The van der Waals surface area contributed by atoms with Crippen LogP contribution in [-0.4, -0.2) is 69.9 Å². The van der Waals surface area contributed by atoms with Gasteiger partial charge in [0, 0.05) is 58.0 Å². The minimum atomic E-state index is 0. The van der Waals surface area contributed by atoms with E-state index in [1.807, 2.05) is 7.05 Å². The maximum Gasteiger partial charge on any atom is 0.191 e. The zero-order valence-corrected chi connectivity index (χ0v) is 20.3. The Labute approximate surface area is 192 Å². The predicted molar refractivity (Wildman–Crippen MR) is 132 cm³/mol. The Morgan fingerprint density at radius 1 is 1.14 bits per heavy atom. The summed E-state index contributed by atoms with van der Waals surface area (Å²) in [6.45, 7) is 11.9. The largest absolute Gasteiger partial charge is 0.379 e. The average molecular weight is 513 g/mol. The van der Waals surface area contributed by atoms with Crippen molar-refractivity contribution in [3.8, 4) is 0 Å². The molecule has 2 aliphatic heterocycles. The lowest BCUT2D eigenvalue weighted by Gasteiger charge is -2.37. The van der Waals surface area contributed by atoms with Gasteiger partial charge >= 0.3 is 0 Å². The molecule has 6 nitrogen and oxygen atoms in total. The molecule has 1 fully saturated rings. The Hall–Kier alpha value is -1.32. The van der Waals surface area contributed by atoms with Crippen molar-refractivity contribution in [1.29, 1.82) is 0 Å². The van der Waals surface area contributed by atoms with Crippen LogP contribution in [0.3, 0.4) is 0 Å². The number of benzene rings is 1. The summed E-state index contributed by atoms with van der Waals surface area (Å²) in [6, 6.07) is 9.22. The minimum absolute atomic E-state index is 0. The van der Waals surface area contributed by atoms with Crippen molar-refractivity contribution in [3.05, 3.63) is 42.0 Å². The highest BCUT2D eigenvalue weighted by Crippen LogP contribution is 2.18. The first-order valence-corrected chi connectivity index (χ1v) is 10.4. The molecule has 0 radical (unpaired) electrons. The van der Waals surface area contributed by atoms with Crippen LogP contribution in [0.2, 0.25) is 0 Å². The Balaban J connectivity index is 0.00000300. The van der Waals surface area contributed by atoms with Gasteiger partial charge in [-0.25, -0.2) is 0 Å². The molecule has 3 rings (SSSR count). The number of ether oxygens (including phenoxy) is 1. The van der Waals surface area contributed by atoms with E-state index in [0.29, 0.717) is 12.0 Å². The summed E-state index contributed by atoms with van der Waals surface area (Å²) in [6.07, 6.45) is 4.44. The van der Waals surface area contributed by atoms with Crippen LogP contribution < -0.4 is 15.5 Å². The van der Waals surface area contributed by atoms with Gasteiger partial charge in [0.1, 0.15) is 0 Å². The molecule has 0 saturated carbocycles. The van der Waals surface area contributed by atoms with Gasteiger partial charge in [-0.05, 0) is 23.6 Å². The Morgan fingerprint density at radius 2 is 1.86 bits per heavy atom. The summed E-state index contributed by atoms with van der Waals surface area (Å²) >= 11 is 0. The highest BCUT2D eigenvalue weighted by atomic mass is 127. The third-order valence-corrected chi connectivity index (χ3v) is 5.54. The third-order valence-electron chi connectivity index (χ3n) is 5.54. The molecular weight excluding hydrogens is 477 g/mol. The number of hydrogen-bond acceptors (Lipinski definition) is 4. The first-order chi connectivity index (χ1) is 13.7. The number of halogens is 1. The van der Waals surface area contributed by atoms with Crippen molar-refractivity contribution in [2.75, 3.05) is 57.9 Å². The molecule has 0 aromatic heterocycles. The minimum Gasteiger partial charge on any atom is -0.379 e. The van der Waals surface area contributed by atoms with Crippen LogP contribution in [0.1, 0.15) is 19.4 Å². The molecule has 1 atom stereocenters. The van der Waals surface area contributed by atoms with Crippen molar-refractivity contribution in [1.82, 2.24) is 15.5 Å². The van der Waals surface area contributed by atoms with E-state index < -0.39 is 0 Å². The quantitative estimate of drug-likeness (QED) is 0.254. The molecular formula is C22H36IN5O. The summed E-state index contributed by atoms with van der Waals surface area (Å²) in [5, 5.41) is 6.99. The van der Waals surface area contributed by atoms with Gasteiger partial charge in [-0.2, -0.15) is 0 Å². The molecule has 29 heavy (non-hydrogen) atoms. The fourth-order valence-electron chi connectivity index (χ4n) is 3.86. The van der Waals surface area contributed by atoms with Crippen molar-refractivity contribution >= 4 is 35.6 Å². The van der Waals surface area contributed by atoms with E-state index in [9.17, 15) is 0 Å². The lowest BCUT2D eigenvalue weighted by atomic mass is 10.0. The van der Waals surface area contributed by atoms with E-state index in [4.69, 9.17) is 4.74 Å². The standard InChI is InChI=1S/C22H35N5O.HI/c1-18(2)21(27-11-13-28-14-12-27)17-25-22(23-3)24-16-19-7-6-8-20(15-19)26-9-4-5-10-26;/h4-8,15,18,21H,9-14,16-17H2,1-3H3,(H2,23,24,25);1H. The summed E-state index contributed by atoms with van der Waals surface area (Å²) < 4.78 is 5.50. The van der Waals surface area contributed by atoms with Gasteiger partial charge in [0.15, 0.2) is 5.96 Å². The molecule has 2 aliphatic rings. The van der Waals surface area contributed by atoms with Gasteiger partial charge in [0.25, 0.3) is 0 Å². The molecule has 1 aromatic carbocycles. The number of rotatable bonds is 7. The van der Waals surface area contributed by atoms with Gasteiger partial charge in [0.2, 0.25) is 0 Å². The number of nitrogens with zero attached hydrogens (tertiary/aromatic N) is 3. The summed E-state index contributed by atoms with van der Waals surface area (Å²) in [5.41, 5.74) is 2.54. The number of anilines is 1. The van der Waals surface area contributed by atoms with E-state index in [2.05, 4.69) is 75.7 Å². The van der Waals surface area contributed by atoms with Crippen molar-refractivity contribution in [2.45, 2.75) is 26.4 Å². The number of guanidine groups is 1. The Morgan fingerprint density at radius 3 is 2.52 bits per heavy atom. The lowest BCUT2D eigenvalue weighted by molar-refractivity contribution is 0.00752. The molecule has 1 aromatic rings. The smallest absolute Gasteiger partial charge is 0.191 e. The average Bonchev–Trinajstić information content (AvgIpc) is 3.26. The van der Waals surface area contributed by atoms with Crippen LogP contribution in [0.25, 0.3) is 0 Å². The van der Waals surface area contributed by atoms with Crippen LogP contribution in [0.4, 0.5) is 5.69 Å². The SMILES string of the molecule is CN=C(NCc1cccc(N2CC=CC2)c1)NCC(C(C)C)N1CCOCC1.I. The molecule has 0 aliphatic carbocycles. The topological polar surface area (TPSA) is 52.1 Å². The molecule has 162 valence electrons. The zero-order valence-electron chi connectivity index (χ0n) is 17.9. The lowest BCUT2D eigenvalue weighted by Crippen LogP contribution is -2.52. The Kier molecular flexibility index (Phi) is 10.2. The Bertz CT molecular complexity index is 665. The molecule has 1 saturated heterocycles. The van der Waals surface area contributed by atoms with Crippen molar-refractivity contribution < 1.29 is 4.74 Å². The molecule has 2 heterocycles. The van der Waals surface area contributed by atoms with Gasteiger partial charge in [-0.1, -0.05) is 38.1 Å². The first-order valence-electron chi connectivity index (χ1n) is 10.4. The summed E-state index contributed by atoms with van der Waals surface area (Å²) in [4.78, 5) is 9.31. The maximum atomic E-state index is 5.50. The van der Waals surface area contributed by atoms with Crippen LogP contribution >= 0.6 is 24.0 Å². The van der Waals surface area contributed by atoms with E-state index in [1.54, 1.807) is 0 Å². The number of aliphatic imine (C=N–C) groups is 1. The maximum absolute atomic E-state index is 5.50. The van der Waals surface area contributed by atoms with Gasteiger partial charge < -0.3 is 20.3 Å². The van der Waals surface area contributed by atoms with Gasteiger partial charge in [-0.15, -0.1) is 24.0 Å². The van der Waals surface area contributed by atoms with E-state index >= 15 is 0 Å². The number of morpholine rings is 1. The second-order valence-electron chi connectivity index (χ2n) is 7.81. The third kappa shape index (κ3) is 7.15. The molecule has 0 bridgehead atoms. The monoisotopic (exact) mass is 513 g/mol. The van der Waals surface area contributed by atoms with E-state index in [-0.39, 0.29) is 24.0 Å². The second kappa shape index (κ2) is 12.4. The second-order valence-corrected chi connectivity index (χ2v) is 7.81. The highest BCUT2D eigenvalue weighted by Gasteiger charge is 2.23. The molecule has 0 spiro atoms. The van der Waals surface area contributed by atoms with Crippen LogP contribution in [0.15, 0.2) is 41.4 Å². The van der Waals surface area contributed by atoms with Gasteiger partial charge in [0.05, 0.1) is 13.2 Å². The van der Waals surface area contributed by atoms with Crippen molar-refractivity contribution in [3.63, 3.8) is 0 Å². The first kappa shape index (κ1) is 24.0. The number of hydrogen-bond donors (Lipinski definition) is 2. The predicted octanol–water partition coefficient (Wildman–Crippen LogP) is 2.70. The molecule has 2 N–H and O–H groups in total. The fraction of sp³-hybridized carbons (Fsp3) is 0.591. The molecule has 1 unspecified atom stereocenters. The summed E-state index contributed by atoms with van der Waals surface area (Å²) in [7, 11) is 1.83. The van der Waals surface area contributed by atoms with Crippen LogP contribution in [0, 0.1) is 5.92 Å². The molecule has 7 heteroatoms. The highest BCUT2D eigenvalue weighted by molar-refractivity contribution is 14.0. The van der Waals surface area contributed by atoms with E-state index in [1.165, 1.54) is 11.3 Å².